The lowest BCUT2D eigenvalue weighted by Crippen LogP contribution is -2.19. The summed E-state index contributed by atoms with van der Waals surface area (Å²) in [5, 5.41) is 11.9. The molecular weight excluding hydrogens is 306 g/mol. The summed E-state index contributed by atoms with van der Waals surface area (Å²) in [4.78, 5) is 0. The third-order valence-electron chi connectivity index (χ3n) is 4.92. The zero-order valence-electron chi connectivity index (χ0n) is 16.1. The second-order valence-electron chi connectivity index (χ2n) is 7.05. The minimum Gasteiger partial charge on any atom is -0.395 e. The van der Waals surface area contributed by atoms with Crippen molar-refractivity contribution < 1.29 is 5.11 Å². The van der Waals surface area contributed by atoms with Crippen LogP contribution in [-0.2, 0) is 0 Å². The van der Waals surface area contributed by atoms with Crippen molar-refractivity contribution in [2.45, 2.75) is 76.5 Å². The lowest BCUT2D eigenvalue weighted by Gasteiger charge is -2.12. The Bertz CT molecular complexity index is 404. The van der Waals surface area contributed by atoms with E-state index in [-0.39, 0.29) is 6.61 Å². The van der Waals surface area contributed by atoms with Gasteiger partial charge in [-0.05, 0) is 24.9 Å². The summed E-state index contributed by atoms with van der Waals surface area (Å²) in [6.07, 6.45) is 16.9. The van der Waals surface area contributed by atoms with Gasteiger partial charge in [-0.15, -0.1) is 6.58 Å². The van der Waals surface area contributed by atoms with Gasteiger partial charge in [-0.3, -0.25) is 0 Å². The fourth-order valence-corrected chi connectivity index (χ4v) is 3.35. The van der Waals surface area contributed by atoms with Crippen LogP contribution in [0, 0.1) is 0 Å². The van der Waals surface area contributed by atoms with Crippen molar-refractivity contribution in [2.75, 3.05) is 19.7 Å². The maximum atomic E-state index is 8.67. The molecule has 0 bridgehead atoms. The SMILES string of the molecule is C=CC(CCCCCCCCCCCCNCCO)c1ccccc1. The molecule has 1 rings (SSSR count). The fourth-order valence-electron chi connectivity index (χ4n) is 3.35. The van der Waals surface area contributed by atoms with Crippen molar-refractivity contribution in [3.63, 3.8) is 0 Å². The van der Waals surface area contributed by atoms with E-state index in [4.69, 9.17) is 5.11 Å². The molecule has 0 aliphatic heterocycles. The molecular formula is C23H39NO. The van der Waals surface area contributed by atoms with Gasteiger partial charge in [-0.1, -0.05) is 94.2 Å². The number of rotatable bonds is 17. The highest BCUT2D eigenvalue weighted by molar-refractivity contribution is 5.22. The van der Waals surface area contributed by atoms with E-state index in [0.717, 1.165) is 13.1 Å². The van der Waals surface area contributed by atoms with Gasteiger partial charge in [0.1, 0.15) is 0 Å². The minimum atomic E-state index is 0.250. The van der Waals surface area contributed by atoms with Gasteiger partial charge in [-0.25, -0.2) is 0 Å². The summed E-state index contributed by atoms with van der Waals surface area (Å²) in [7, 11) is 0. The number of hydrogen-bond acceptors (Lipinski definition) is 2. The third kappa shape index (κ3) is 12.0. The molecule has 1 atom stereocenters. The first-order valence-electron chi connectivity index (χ1n) is 10.4. The number of hydrogen-bond donors (Lipinski definition) is 2. The van der Waals surface area contributed by atoms with Crippen LogP contribution in [0.5, 0.6) is 0 Å². The van der Waals surface area contributed by atoms with Crippen LogP contribution in [0.15, 0.2) is 43.0 Å². The van der Waals surface area contributed by atoms with E-state index in [9.17, 15) is 0 Å². The number of aliphatic hydroxyl groups is 1. The van der Waals surface area contributed by atoms with Gasteiger partial charge in [0.25, 0.3) is 0 Å². The average Bonchev–Trinajstić information content (AvgIpc) is 2.66. The van der Waals surface area contributed by atoms with Crippen molar-refractivity contribution in [2.24, 2.45) is 0 Å². The van der Waals surface area contributed by atoms with Crippen LogP contribution in [0.4, 0.5) is 0 Å². The molecule has 2 nitrogen and oxygen atoms in total. The summed E-state index contributed by atoms with van der Waals surface area (Å²) in [5.41, 5.74) is 1.41. The van der Waals surface area contributed by atoms with E-state index >= 15 is 0 Å². The minimum absolute atomic E-state index is 0.250. The van der Waals surface area contributed by atoms with Gasteiger partial charge in [0.15, 0.2) is 0 Å². The molecule has 0 aliphatic rings. The highest BCUT2D eigenvalue weighted by Gasteiger charge is 2.06. The molecule has 1 unspecified atom stereocenters. The zero-order valence-corrected chi connectivity index (χ0v) is 16.1. The smallest absolute Gasteiger partial charge is 0.0555 e. The molecule has 2 N–H and O–H groups in total. The standard InChI is InChI=1S/C23H39NO/c1-2-22(23-17-13-11-14-18-23)16-12-9-7-5-3-4-6-8-10-15-19-24-20-21-25/h2,11,13-14,17-18,22,24-25H,1,3-10,12,15-16,19-21H2. The molecule has 1 aromatic carbocycles. The fraction of sp³-hybridized carbons (Fsp3) is 0.652. The van der Waals surface area contributed by atoms with Crippen LogP contribution in [0.25, 0.3) is 0 Å². The monoisotopic (exact) mass is 345 g/mol. The molecule has 2 heteroatoms. The van der Waals surface area contributed by atoms with Gasteiger partial charge in [0, 0.05) is 12.5 Å². The summed E-state index contributed by atoms with van der Waals surface area (Å²) in [6, 6.07) is 10.8. The third-order valence-corrected chi connectivity index (χ3v) is 4.92. The van der Waals surface area contributed by atoms with Gasteiger partial charge in [0.05, 0.1) is 6.61 Å². The highest BCUT2D eigenvalue weighted by atomic mass is 16.3. The lowest BCUT2D eigenvalue weighted by molar-refractivity contribution is 0.292. The predicted molar refractivity (Wildman–Crippen MR) is 110 cm³/mol. The van der Waals surface area contributed by atoms with Crippen molar-refractivity contribution in [1.82, 2.24) is 5.32 Å². The first-order valence-corrected chi connectivity index (χ1v) is 10.4. The van der Waals surface area contributed by atoms with Gasteiger partial charge >= 0.3 is 0 Å². The zero-order chi connectivity index (χ0) is 18.0. The van der Waals surface area contributed by atoms with E-state index < -0.39 is 0 Å². The number of benzene rings is 1. The second-order valence-corrected chi connectivity index (χ2v) is 7.05. The summed E-state index contributed by atoms with van der Waals surface area (Å²) >= 11 is 0. The van der Waals surface area contributed by atoms with Crippen molar-refractivity contribution in [1.29, 1.82) is 0 Å². The molecule has 0 spiro atoms. The van der Waals surface area contributed by atoms with Gasteiger partial charge < -0.3 is 10.4 Å². The van der Waals surface area contributed by atoms with E-state index in [1.807, 2.05) is 0 Å². The summed E-state index contributed by atoms with van der Waals surface area (Å²) in [5.74, 6) is 0.521. The van der Waals surface area contributed by atoms with Crippen LogP contribution in [0.3, 0.4) is 0 Å². The van der Waals surface area contributed by atoms with Crippen LogP contribution < -0.4 is 5.32 Å². The Morgan fingerprint density at radius 1 is 0.800 bits per heavy atom. The van der Waals surface area contributed by atoms with Crippen LogP contribution in [-0.4, -0.2) is 24.8 Å². The largest absolute Gasteiger partial charge is 0.395 e. The first kappa shape index (κ1) is 21.9. The quantitative estimate of drug-likeness (QED) is 0.275. The highest BCUT2D eigenvalue weighted by Crippen LogP contribution is 2.23. The Kier molecular flexibility index (Phi) is 14.3. The maximum Gasteiger partial charge on any atom is 0.0555 e. The van der Waals surface area contributed by atoms with Crippen LogP contribution in [0.1, 0.15) is 82.1 Å². The van der Waals surface area contributed by atoms with Gasteiger partial charge in [-0.2, -0.15) is 0 Å². The average molecular weight is 346 g/mol. The van der Waals surface area contributed by atoms with Crippen molar-refractivity contribution in [3.05, 3.63) is 48.6 Å². The van der Waals surface area contributed by atoms with Gasteiger partial charge in [0.2, 0.25) is 0 Å². The molecule has 0 radical (unpaired) electrons. The topological polar surface area (TPSA) is 32.3 Å². The maximum absolute atomic E-state index is 8.67. The Morgan fingerprint density at radius 3 is 1.92 bits per heavy atom. The molecule has 142 valence electrons. The number of unbranched alkanes of at least 4 members (excludes halogenated alkanes) is 9. The van der Waals surface area contributed by atoms with Crippen molar-refractivity contribution >= 4 is 0 Å². The molecule has 0 aliphatic carbocycles. The molecule has 0 fully saturated rings. The Hall–Kier alpha value is -1.12. The summed E-state index contributed by atoms with van der Waals surface area (Å²) in [6.45, 7) is 6.04. The molecule has 1 aromatic rings. The van der Waals surface area contributed by atoms with E-state index in [1.54, 1.807) is 0 Å². The first-order chi connectivity index (χ1) is 12.4. The Labute approximate surface area is 155 Å². The van der Waals surface area contributed by atoms with E-state index in [1.165, 1.54) is 76.2 Å². The predicted octanol–water partition coefficient (Wildman–Crippen LogP) is 5.83. The molecule has 0 amide bonds. The second kappa shape index (κ2) is 16.4. The Morgan fingerprint density at radius 2 is 1.36 bits per heavy atom. The lowest BCUT2D eigenvalue weighted by atomic mass is 9.93. The number of aliphatic hydroxyl groups excluding tert-OH is 1. The van der Waals surface area contributed by atoms with Crippen LogP contribution in [0.2, 0.25) is 0 Å². The molecule has 25 heavy (non-hydrogen) atoms. The Balaban J connectivity index is 1.86. The molecule has 0 saturated carbocycles. The normalized spacial score (nSPS) is 12.2. The number of nitrogens with one attached hydrogen (secondary N) is 1. The van der Waals surface area contributed by atoms with Crippen molar-refractivity contribution in [3.8, 4) is 0 Å². The van der Waals surface area contributed by atoms with Crippen LogP contribution >= 0.6 is 0 Å². The molecule has 0 aromatic heterocycles. The van der Waals surface area contributed by atoms with E-state index in [0.29, 0.717) is 5.92 Å². The molecule has 0 heterocycles. The summed E-state index contributed by atoms with van der Waals surface area (Å²) < 4.78 is 0. The van der Waals surface area contributed by atoms with E-state index in [2.05, 4.69) is 48.3 Å². The number of allylic oxidation sites excluding steroid dienone is 1. The molecule has 0 saturated heterocycles.